The second-order valence-corrected chi connectivity index (χ2v) is 42.5. The third-order valence-corrected chi connectivity index (χ3v) is 39.7. The average molecular weight is 750 g/mol. The maximum atomic E-state index is 8.21. The molecule has 0 unspecified atom stereocenters. The molecule has 0 aliphatic carbocycles. The van der Waals surface area contributed by atoms with Crippen LogP contribution in [0.4, 0.5) is 0 Å². The molecule has 0 saturated carbocycles. The fourth-order valence-corrected chi connectivity index (χ4v) is 42.5. The van der Waals surface area contributed by atoms with Crippen molar-refractivity contribution in [2.45, 2.75) is 239 Å². The highest BCUT2D eigenvalue weighted by Crippen LogP contribution is 2.53. The highest BCUT2D eigenvalue weighted by molar-refractivity contribution is 6.94. The smallest absolute Gasteiger partial charge is 0.418 e. The van der Waals surface area contributed by atoms with Crippen molar-refractivity contribution in [1.29, 1.82) is 0 Å². The summed E-state index contributed by atoms with van der Waals surface area (Å²) in [6.07, 6.45) is 6.19. The molecule has 4 nitrogen and oxygen atoms in total. The van der Waals surface area contributed by atoms with Crippen molar-refractivity contribution in [3.63, 3.8) is 0 Å². The first kappa shape index (κ1) is 47.9. The monoisotopic (exact) mass is 749 g/mol. The fraction of sp³-hybridized carbons (Fsp3) is 1.00. The van der Waals surface area contributed by atoms with Crippen LogP contribution in [0.5, 0.6) is 0 Å². The lowest BCUT2D eigenvalue weighted by atomic mass is 10.2. The summed E-state index contributed by atoms with van der Waals surface area (Å²) in [4.78, 5) is 0. The van der Waals surface area contributed by atoms with Crippen LogP contribution < -0.4 is 0 Å². The lowest BCUT2D eigenvalue weighted by Gasteiger charge is -2.56. The molecule has 0 radical (unpaired) electrons. The molecule has 47 heavy (non-hydrogen) atoms. The molecule has 0 amide bonds. The molecule has 0 aromatic heterocycles. The predicted octanol–water partition coefficient (Wildman–Crippen LogP) is 14.7. The zero-order valence-electron chi connectivity index (χ0n) is 36.0. The van der Waals surface area contributed by atoms with Crippen LogP contribution in [0.3, 0.4) is 0 Å². The minimum Gasteiger partial charge on any atom is -0.418 e. The summed E-state index contributed by atoms with van der Waals surface area (Å²) in [6.45, 7) is 51.6. The van der Waals surface area contributed by atoms with E-state index in [0.29, 0.717) is 49.9 Å². The van der Waals surface area contributed by atoms with E-state index in [1.54, 1.807) is 0 Å². The van der Waals surface area contributed by atoms with Gasteiger partial charge in [0.1, 0.15) is 0 Å². The summed E-state index contributed by atoms with van der Waals surface area (Å²) in [7, 11) is -11.7. The van der Waals surface area contributed by atoms with Gasteiger partial charge >= 0.3 is 8.80 Å². The Morgan fingerprint density at radius 3 is 0.830 bits per heavy atom. The van der Waals surface area contributed by atoms with E-state index in [0.717, 1.165) is 19.1 Å². The first-order chi connectivity index (χ1) is 21.4. The molecule has 0 aliphatic rings. The lowest BCUT2D eigenvalue weighted by molar-refractivity contribution is 0.216. The van der Waals surface area contributed by atoms with Gasteiger partial charge in [0.15, 0.2) is 33.3 Å². The molecule has 0 aromatic carbocycles. The van der Waals surface area contributed by atoms with Crippen molar-refractivity contribution < 1.29 is 16.8 Å². The van der Waals surface area contributed by atoms with E-state index in [1.807, 2.05) is 0 Å². The molecule has 0 bridgehead atoms. The molecule has 0 fully saturated rings. The standard InChI is InChI=1S/C38H88O4Si5/c1-22-39-43(20,21)28-26-24-23-25-27-29-44(40-45(30(2)3,31(4)5)32(6)7,41-46(33(8)9,34(10)11)35(12)13)42-47(36(14)15,37(16)17)38(18)19/h30-38H,22-29H2,1-21H3. The second kappa shape index (κ2) is 20.2. The Bertz CT molecular complexity index is 706. The van der Waals surface area contributed by atoms with Gasteiger partial charge < -0.3 is 16.8 Å². The van der Waals surface area contributed by atoms with E-state index < -0.39 is 42.1 Å². The van der Waals surface area contributed by atoms with Crippen LogP contribution >= 0.6 is 0 Å². The first-order valence-corrected chi connectivity index (χ1v) is 31.6. The molecule has 9 heteroatoms. The van der Waals surface area contributed by atoms with Gasteiger partial charge in [-0.05, 0) is 82.4 Å². The van der Waals surface area contributed by atoms with Crippen LogP contribution in [0, 0.1) is 0 Å². The summed E-state index contributed by atoms with van der Waals surface area (Å²) in [6, 6.07) is 2.23. The summed E-state index contributed by atoms with van der Waals surface area (Å²) in [5.74, 6) is 0. The largest absolute Gasteiger partial charge is 0.469 e. The Labute approximate surface area is 302 Å². The van der Waals surface area contributed by atoms with Crippen molar-refractivity contribution in [3.8, 4) is 0 Å². The number of rotatable bonds is 25. The third-order valence-electron chi connectivity index (χ3n) is 11.9. The first-order valence-electron chi connectivity index (χ1n) is 20.1. The van der Waals surface area contributed by atoms with Crippen molar-refractivity contribution in [3.05, 3.63) is 0 Å². The zero-order valence-corrected chi connectivity index (χ0v) is 41.0. The molecule has 0 heterocycles. The number of hydrogen-bond donors (Lipinski definition) is 0. The van der Waals surface area contributed by atoms with Crippen molar-refractivity contribution in [2.75, 3.05) is 6.61 Å². The van der Waals surface area contributed by atoms with Crippen LogP contribution in [0.25, 0.3) is 0 Å². The molecule has 284 valence electrons. The lowest BCUT2D eigenvalue weighted by Crippen LogP contribution is -2.69. The van der Waals surface area contributed by atoms with E-state index in [2.05, 4.69) is 145 Å². The van der Waals surface area contributed by atoms with Gasteiger partial charge in [0.05, 0.1) is 0 Å². The zero-order chi connectivity index (χ0) is 37.2. The van der Waals surface area contributed by atoms with Gasteiger partial charge in [-0.1, -0.05) is 150 Å². The summed E-state index contributed by atoms with van der Waals surface area (Å²) in [5, 5.41) is 0. The van der Waals surface area contributed by atoms with Crippen molar-refractivity contribution in [2.24, 2.45) is 0 Å². The quantitative estimate of drug-likeness (QED) is 0.0688. The van der Waals surface area contributed by atoms with Crippen LogP contribution in [0.1, 0.15) is 164 Å². The Balaban J connectivity index is 7.36. The Morgan fingerprint density at radius 1 is 0.362 bits per heavy atom. The van der Waals surface area contributed by atoms with Gasteiger partial charge in [0.25, 0.3) is 0 Å². The van der Waals surface area contributed by atoms with Crippen LogP contribution in [-0.2, 0) is 16.8 Å². The topological polar surface area (TPSA) is 36.9 Å². The van der Waals surface area contributed by atoms with Crippen molar-refractivity contribution in [1.82, 2.24) is 0 Å². The maximum Gasteiger partial charge on any atom is 0.469 e. The SMILES string of the molecule is CCO[Si](C)(C)CCCCCCC[Si](O[Si](C(C)C)(C(C)C)C(C)C)(O[Si](C(C)C)(C(C)C)C(C)C)O[Si](C(C)C)(C(C)C)C(C)C. The molecule has 0 atom stereocenters. The summed E-state index contributed by atoms with van der Waals surface area (Å²) >= 11 is 0. The number of unbranched alkanes of at least 4 members (excludes halogenated alkanes) is 4. The van der Waals surface area contributed by atoms with Gasteiger partial charge in [-0.15, -0.1) is 0 Å². The van der Waals surface area contributed by atoms with Gasteiger partial charge in [-0.25, -0.2) is 0 Å². The predicted molar refractivity (Wildman–Crippen MR) is 224 cm³/mol. The minimum absolute atomic E-state index is 0.487. The van der Waals surface area contributed by atoms with E-state index >= 15 is 0 Å². The molecule has 0 spiro atoms. The van der Waals surface area contributed by atoms with Gasteiger partial charge in [0, 0.05) is 12.7 Å². The summed E-state index contributed by atoms with van der Waals surface area (Å²) < 4.78 is 30.8. The molecule has 0 aliphatic heterocycles. The van der Waals surface area contributed by atoms with Gasteiger partial charge in [-0.3, -0.25) is 0 Å². The van der Waals surface area contributed by atoms with E-state index in [1.165, 1.54) is 31.7 Å². The minimum atomic E-state index is -3.20. The Kier molecular flexibility index (Phi) is 20.6. The van der Waals surface area contributed by atoms with E-state index in [-0.39, 0.29) is 0 Å². The highest BCUT2D eigenvalue weighted by atomic mass is 28.5. The van der Waals surface area contributed by atoms with Gasteiger partial charge in [-0.2, -0.15) is 0 Å². The Hall–Kier alpha value is 0.924. The van der Waals surface area contributed by atoms with Crippen LogP contribution in [-0.4, -0.2) is 48.7 Å². The van der Waals surface area contributed by atoms with E-state index in [4.69, 9.17) is 16.8 Å². The molecule has 0 rings (SSSR count). The fourth-order valence-electron chi connectivity index (χ4n) is 9.97. The molecule has 0 aromatic rings. The summed E-state index contributed by atoms with van der Waals surface area (Å²) in [5.41, 5.74) is 4.38. The van der Waals surface area contributed by atoms with Gasteiger partial charge in [0.2, 0.25) is 0 Å². The highest BCUT2D eigenvalue weighted by Gasteiger charge is 2.63. The van der Waals surface area contributed by atoms with Crippen molar-refractivity contribution >= 4 is 42.1 Å². The second-order valence-electron chi connectivity index (χ2n) is 18.4. The molecule has 0 N–H and O–H groups in total. The maximum absolute atomic E-state index is 8.21. The third kappa shape index (κ3) is 12.0. The number of hydrogen-bond acceptors (Lipinski definition) is 4. The van der Waals surface area contributed by atoms with Crippen LogP contribution in [0.15, 0.2) is 0 Å². The molecular weight excluding hydrogens is 661 g/mol. The van der Waals surface area contributed by atoms with Crippen LogP contribution in [0.2, 0.25) is 75.1 Å². The van der Waals surface area contributed by atoms with E-state index in [9.17, 15) is 0 Å². The normalized spacial score (nSPS) is 14.7. The Morgan fingerprint density at radius 2 is 0.596 bits per heavy atom. The average Bonchev–Trinajstić information content (AvgIpc) is 2.90. The molecule has 0 saturated heterocycles. The molecular formula is C38H88O4Si5.